The summed E-state index contributed by atoms with van der Waals surface area (Å²) in [4.78, 5) is 24.2. The Morgan fingerprint density at radius 1 is 1.13 bits per heavy atom. The topological polar surface area (TPSA) is 107 Å². The fraction of sp³-hybridized carbons (Fsp3) is 0.261. The molecule has 0 fully saturated rings. The Hall–Kier alpha value is -3.83. The van der Waals surface area contributed by atoms with Gasteiger partial charge < -0.3 is 24.3 Å². The van der Waals surface area contributed by atoms with Crippen LogP contribution in [-0.2, 0) is 14.3 Å². The predicted molar refractivity (Wildman–Crippen MR) is 114 cm³/mol. The van der Waals surface area contributed by atoms with Gasteiger partial charge in [0.2, 0.25) is 0 Å². The lowest BCUT2D eigenvalue weighted by molar-refractivity contribution is -0.136. The molecule has 2 rings (SSSR count). The maximum absolute atomic E-state index is 12.1. The van der Waals surface area contributed by atoms with E-state index in [9.17, 15) is 14.9 Å². The first-order valence-electron chi connectivity index (χ1n) is 9.44. The number of carbonyl (C=O) groups is 2. The van der Waals surface area contributed by atoms with Gasteiger partial charge in [0, 0.05) is 13.7 Å². The summed E-state index contributed by atoms with van der Waals surface area (Å²) in [5.41, 5.74) is 1.47. The predicted octanol–water partition coefficient (Wildman–Crippen LogP) is 2.66. The van der Waals surface area contributed by atoms with Crippen LogP contribution < -0.4 is 19.5 Å². The van der Waals surface area contributed by atoms with Crippen molar-refractivity contribution < 1.29 is 28.5 Å². The van der Waals surface area contributed by atoms with Crippen LogP contribution >= 0.6 is 0 Å². The number of nitriles is 1. The van der Waals surface area contributed by atoms with Crippen LogP contribution in [0.4, 0.5) is 0 Å². The average molecular weight is 424 g/mol. The van der Waals surface area contributed by atoms with Gasteiger partial charge in [-0.15, -0.1) is 0 Å². The maximum Gasteiger partial charge on any atom is 0.349 e. The second-order valence-corrected chi connectivity index (χ2v) is 6.41. The number of amides is 1. The highest BCUT2D eigenvalue weighted by Crippen LogP contribution is 2.29. The van der Waals surface area contributed by atoms with E-state index in [1.807, 2.05) is 31.2 Å². The van der Waals surface area contributed by atoms with E-state index >= 15 is 0 Å². The minimum Gasteiger partial charge on any atom is -0.493 e. The van der Waals surface area contributed by atoms with Gasteiger partial charge in [-0.25, -0.2) is 4.79 Å². The third-order valence-corrected chi connectivity index (χ3v) is 4.03. The number of benzene rings is 2. The third-order valence-electron chi connectivity index (χ3n) is 4.03. The van der Waals surface area contributed by atoms with Crippen molar-refractivity contribution in [2.75, 3.05) is 34.0 Å². The summed E-state index contributed by atoms with van der Waals surface area (Å²) in [5.74, 6) is -0.0758. The molecule has 0 aliphatic rings. The Labute approximate surface area is 181 Å². The second-order valence-electron chi connectivity index (χ2n) is 6.41. The molecule has 0 aromatic heterocycles. The maximum atomic E-state index is 12.1. The van der Waals surface area contributed by atoms with Gasteiger partial charge in [-0.05, 0) is 48.4 Å². The van der Waals surface area contributed by atoms with E-state index in [2.05, 4.69) is 5.32 Å². The lowest BCUT2D eigenvalue weighted by Gasteiger charge is -2.11. The van der Waals surface area contributed by atoms with Crippen LogP contribution in [0, 0.1) is 18.3 Å². The highest BCUT2D eigenvalue weighted by atomic mass is 16.6. The molecule has 1 amide bonds. The van der Waals surface area contributed by atoms with Crippen LogP contribution in [0.3, 0.4) is 0 Å². The SMILES string of the molecule is COCCNC(=O)/C(C#N)=C/c1ccc(OC(=O)COc2cccc(C)c2)c(OC)c1. The van der Waals surface area contributed by atoms with Crippen molar-refractivity contribution in [3.63, 3.8) is 0 Å². The molecule has 8 nitrogen and oxygen atoms in total. The van der Waals surface area contributed by atoms with E-state index in [4.69, 9.17) is 18.9 Å². The molecule has 2 aromatic carbocycles. The number of ether oxygens (including phenoxy) is 4. The van der Waals surface area contributed by atoms with Crippen molar-refractivity contribution in [3.05, 3.63) is 59.2 Å². The number of hydrogen-bond acceptors (Lipinski definition) is 7. The summed E-state index contributed by atoms with van der Waals surface area (Å²) in [5, 5.41) is 11.8. The Morgan fingerprint density at radius 3 is 2.61 bits per heavy atom. The zero-order chi connectivity index (χ0) is 22.6. The molecule has 0 bridgehead atoms. The first-order valence-corrected chi connectivity index (χ1v) is 9.44. The monoisotopic (exact) mass is 424 g/mol. The van der Waals surface area contributed by atoms with Crippen LogP contribution in [-0.4, -0.2) is 45.9 Å². The molecule has 0 saturated heterocycles. The van der Waals surface area contributed by atoms with E-state index in [1.54, 1.807) is 18.2 Å². The van der Waals surface area contributed by atoms with E-state index < -0.39 is 11.9 Å². The fourth-order valence-electron chi connectivity index (χ4n) is 2.53. The van der Waals surface area contributed by atoms with Gasteiger partial charge in [0.15, 0.2) is 18.1 Å². The van der Waals surface area contributed by atoms with Gasteiger partial charge in [-0.3, -0.25) is 4.79 Å². The van der Waals surface area contributed by atoms with Crippen LogP contribution in [0.15, 0.2) is 48.0 Å². The van der Waals surface area contributed by atoms with Crippen molar-refractivity contribution in [2.24, 2.45) is 0 Å². The second kappa shape index (κ2) is 12.0. The van der Waals surface area contributed by atoms with Gasteiger partial charge in [0.05, 0.1) is 13.7 Å². The third kappa shape index (κ3) is 7.49. The molecule has 1 N–H and O–H groups in total. The van der Waals surface area contributed by atoms with Gasteiger partial charge >= 0.3 is 5.97 Å². The number of hydrogen-bond donors (Lipinski definition) is 1. The van der Waals surface area contributed by atoms with Crippen molar-refractivity contribution in [2.45, 2.75) is 6.92 Å². The van der Waals surface area contributed by atoms with Crippen LogP contribution in [0.1, 0.15) is 11.1 Å². The minimum atomic E-state index is -0.599. The average Bonchev–Trinajstić information content (AvgIpc) is 2.77. The van der Waals surface area contributed by atoms with Crippen LogP contribution in [0.2, 0.25) is 0 Å². The lowest BCUT2D eigenvalue weighted by atomic mass is 10.1. The first kappa shape index (κ1) is 23.4. The molecule has 0 atom stereocenters. The van der Waals surface area contributed by atoms with Crippen LogP contribution in [0.5, 0.6) is 17.2 Å². The van der Waals surface area contributed by atoms with Gasteiger partial charge in [-0.2, -0.15) is 5.26 Å². The number of aryl methyl sites for hydroxylation is 1. The molecule has 8 heteroatoms. The summed E-state index contributed by atoms with van der Waals surface area (Å²) < 4.78 is 20.9. The fourth-order valence-corrected chi connectivity index (χ4v) is 2.53. The molecular weight excluding hydrogens is 400 g/mol. The Bertz CT molecular complexity index is 994. The lowest BCUT2D eigenvalue weighted by Crippen LogP contribution is -2.27. The van der Waals surface area contributed by atoms with E-state index in [0.717, 1.165) is 5.56 Å². The molecular formula is C23H24N2O6. The molecule has 162 valence electrons. The van der Waals surface area contributed by atoms with Crippen molar-refractivity contribution >= 4 is 18.0 Å². The first-order chi connectivity index (χ1) is 15.0. The highest BCUT2D eigenvalue weighted by Gasteiger charge is 2.13. The van der Waals surface area contributed by atoms with Gasteiger partial charge in [0.25, 0.3) is 5.91 Å². The van der Waals surface area contributed by atoms with E-state index in [0.29, 0.717) is 17.9 Å². The number of carbonyl (C=O) groups excluding carboxylic acids is 2. The summed E-state index contributed by atoms with van der Waals surface area (Å²) in [6.07, 6.45) is 1.41. The molecule has 2 aromatic rings. The number of rotatable bonds is 10. The zero-order valence-corrected chi connectivity index (χ0v) is 17.6. The normalized spacial score (nSPS) is 10.7. The molecule has 0 heterocycles. The molecule has 31 heavy (non-hydrogen) atoms. The molecule has 0 unspecified atom stereocenters. The zero-order valence-electron chi connectivity index (χ0n) is 17.6. The van der Waals surface area contributed by atoms with E-state index in [1.165, 1.54) is 26.4 Å². The Balaban J connectivity index is 2.05. The van der Waals surface area contributed by atoms with Crippen LogP contribution in [0.25, 0.3) is 6.08 Å². The smallest absolute Gasteiger partial charge is 0.349 e. The van der Waals surface area contributed by atoms with Gasteiger partial charge in [0.1, 0.15) is 17.4 Å². The van der Waals surface area contributed by atoms with Crippen molar-refractivity contribution in [1.82, 2.24) is 5.32 Å². The number of esters is 1. The standard InChI is InChI=1S/C23H24N2O6/c1-16-5-4-6-19(11-16)30-15-22(26)31-20-8-7-17(13-21(20)29-3)12-18(14-24)23(27)25-9-10-28-2/h4-8,11-13H,9-10,15H2,1-3H3,(H,25,27)/b18-12+. The summed E-state index contributed by atoms with van der Waals surface area (Å²) in [6.45, 7) is 2.28. The Morgan fingerprint density at radius 2 is 1.94 bits per heavy atom. The molecule has 0 radical (unpaired) electrons. The number of nitrogens with zero attached hydrogens (tertiary/aromatic N) is 1. The van der Waals surface area contributed by atoms with Crippen molar-refractivity contribution in [1.29, 1.82) is 5.26 Å². The summed E-state index contributed by atoms with van der Waals surface area (Å²) >= 11 is 0. The summed E-state index contributed by atoms with van der Waals surface area (Å²) in [6, 6.07) is 13.9. The molecule has 0 saturated carbocycles. The summed E-state index contributed by atoms with van der Waals surface area (Å²) in [7, 11) is 2.94. The highest BCUT2D eigenvalue weighted by molar-refractivity contribution is 6.01. The van der Waals surface area contributed by atoms with E-state index in [-0.39, 0.29) is 30.2 Å². The Kier molecular flexibility index (Phi) is 9.08. The van der Waals surface area contributed by atoms with Crippen molar-refractivity contribution in [3.8, 4) is 23.3 Å². The molecule has 0 spiro atoms. The number of methoxy groups -OCH3 is 2. The molecule has 0 aliphatic heterocycles. The quantitative estimate of drug-likeness (QED) is 0.205. The van der Waals surface area contributed by atoms with Gasteiger partial charge in [-0.1, -0.05) is 18.2 Å². The number of nitrogens with one attached hydrogen (secondary N) is 1. The minimum absolute atomic E-state index is 0.0746. The molecule has 0 aliphatic carbocycles. The largest absolute Gasteiger partial charge is 0.493 e.